The van der Waals surface area contributed by atoms with Gasteiger partial charge in [-0.15, -0.1) is 0 Å². The van der Waals surface area contributed by atoms with E-state index >= 15 is 0 Å². The lowest BCUT2D eigenvalue weighted by Gasteiger charge is -2.23. The van der Waals surface area contributed by atoms with Crippen LogP contribution >= 0.6 is 0 Å². The zero-order valence-electron chi connectivity index (χ0n) is 21.7. The summed E-state index contributed by atoms with van der Waals surface area (Å²) in [5, 5.41) is 6.49. The molecule has 4 rings (SSSR count). The number of allylic oxidation sites excluding steroid dienone is 4. The Hall–Kier alpha value is -3.51. The molecule has 188 valence electrons. The highest BCUT2D eigenvalue weighted by atomic mass is 16.1. The number of benzene rings is 1. The Balaban J connectivity index is 1.73. The smallest absolute Gasteiger partial charge is 0.251 e. The molecule has 0 radical (unpaired) electrons. The average molecular weight is 485 g/mol. The first-order chi connectivity index (χ1) is 17.4. The van der Waals surface area contributed by atoms with Crippen molar-refractivity contribution < 1.29 is 9.59 Å². The summed E-state index contributed by atoms with van der Waals surface area (Å²) in [4.78, 5) is 29.6. The highest BCUT2D eigenvalue weighted by molar-refractivity contribution is 5.97. The topological polar surface area (TPSA) is 75.5 Å². The number of nitrogens with one attached hydrogen (secondary N) is 2. The van der Waals surface area contributed by atoms with Crippen molar-refractivity contribution in [2.24, 2.45) is 5.92 Å². The van der Waals surface area contributed by atoms with Crippen molar-refractivity contribution in [3.63, 3.8) is 0 Å². The first-order valence-electron chi connectivity index (χ1n) is 12.9. The van der Waals surface area contributed by atoms with E-state index in [1.807, 2.05) is 60.8 Å². The Morgan fingerprint density at radius 2 is 2.00 bits per heavy atom. The van der Waals surface area contributed by atoms with Gasteiger partial charge >= 0.3 is 0 Å². The molecule has 2 N–H and O–H groups in total. The van der Waals surface area contributed by atoms with E-state index in [1.54, 1.807) is 0 Å². The summed E-state index contributed by atoms with van der Waals surface area (Å²) in [6.45, 7) is 10.1. The normalized spacial score (nSPS) is 16.2. The van der Waals surface area contributed by atoms with Crippen LogP contribution in [0.15, 0.2) is 60.3 Å². The van der Waals surface area contributed by atoms with Crippen molar-refractivity contribution in [2.45, 2.75) is 53.0 Å². The number of carbonyl (C=O) groups is 2. The highest BCUT2D eigenvalue weighted by Gasteiger charge is 2.19. The molecule has 1 aliphatic rings. The standard InChI is InChI=1S/C30H36N4O2/c1-5-20(2)10-11-25(21(3)19-35)26-8-6-7-9-27(26)29-22(4)34-17-14-23(18-28(34)33-29)30(36)32-24-12-15-31-16-13-24/h6-11,14,17-20,24,31H,5,12-13,15-16H2,1-4H3,(H,32,36)/b11-10?,25-21+. The second-order valence-electron chi connectivity index (χ2n) is 9.69. The number of aryl methyl sites for hydroxylation is 1. The zero-order chi connectivity index (χ0) is 25.7. The van der Waals surface area contributed by atoms with Crippen LogP contribution in [-0.4, -0.2) is 40.7 Å². The molecule has 0 saturated carbocycles. The van der Waals surface area contributed by atoms with E-state index in [2.05, 4.69) is 36.6 Å². The van der Waals surface area contributed by atoms with Gasteiger partial charge < -0.3 is 15.0 Å². The number of hydrogen-bond donors (Lipinski definition) is 2. The minimum atomic E-state index is -0.0611. The summed E-state index contributed by atoms with van der Waals surface area (Å²) in [6, 6.07) is 12.0. The quantitative estimate of drug-likeness (QED) is 0.256. The summed E-state index contributed by atoms with van der Waals surface area (Å²) in [5.74, 6) is 0.354. The Morgan fingerprint density at radius 1 is 1.25 bits per heavy atom. The van der Waals surface area contributed by atoms with Gasteiger partial charge in [0.05, 0.1) is 5.69 Å². The lowest BCUT2D eigenvalue weighted by atomic mass is 9.92. The number of aldehydes is 1. The summed E-state index contributed by atoms with van der Waals surface area (Å²) < 4.78 is 2.01. The lowest BCUT2D eigenvalue weighted by molar-refractivity contribution is -0.104. The number of rotatable bonds is 8. The summed E-state index contributed by atoms with van der Waals surface area (Å²) >= 11 is 0. The number of aromatic nitrogens is 2. The molecule has 0 spiro atoms. The fourth-order valence-electron chi connectivity index (χ4n) is 4.62. The van der Waals surface area contributed by atoms with Crippen LogP contribution in [0.25, 0.3) is 22.5 Å². The van der Waals surface area contributed by atoms with Crippen molar-refractivity contribution in [3.8, 4) is 11.3 Å². The Morgan fingerprint density at radius 3 is 2.72 bits per heavy atom. The van der Waals surface area contributed by atoms with E-state index in [9.17, 15) is 9.59 Å². The summed E-state index contributed by atoms with van der Waals surface area (Å²) in [7, 11) is 0. The molecule has 1 atom stereocenters. The second-order valence-corrected chi connectivity index (χ2v) is 9.69. The van der Waals surface area contributed by atoms with Crippen LogP contribution in [-0.2, 0) is 4.79 Å². The molecule has 3 aromatic rings. The van der Waals surface area contributed by atoms with Crippen LogP contribution in [0, 0.1) is 12.8 Å². The molecule has 0 bridgehead atoms. The number of fused-ring (bicyclic) bond motifs is 1. The predicted molar refractivity (Wildman–Crippen MR) is 146 cm³/mol. The molecular formula is C30H36N4O2. The predicted octanol–water partition coefficient (Wildman–Crippen LogP) is 5.37. The van der Waals surface area contributed by atoms with E-state index in [0.717, 1.165) is 72.4 Å². The third-order valence-corrected chi connectivity index (χ3v) is 7.11. The molecule has 1 aromatic carbocycles. The minimum absolute atomic E-state index is 0.0611. The summed E-state index contributed by atoms with van der Waals surface area (Å²) in [6.07, 6.45) is 9.96. The van der Waals surface area contributed by atoms with Gasteiger partial charge in [-0.05, 0) is 74.5 Å². The maximum absolute atomic E-state index is 12.9. The first-order valence-corrected chi connectivity index (χ1v) is 12.9. The molecule has 1 aliphatic heterocycles. The van der Waals surface area contributed by atoms with Crippen LogP contribution in [0.1, 0.15) is 61.6 Å². The van der Waals surface area contributed by atoms with Crippen molar-refractivity contribution in [1.82, 2.24) is 20.0 Å². The molecule has 3 heterocycles. The molecular weight excluding hydrogens is 448 g/mol. The molecule has 1 fully saturated rings. The molecule has 6 nitrogen and oxygen atoms in total. The molecule has 1 amide bonds. The Bertz CT molecular complexity index is 1310. The van der Waals surface area contributed by atoms with Gasteiger partial charge in [0.1, 0.15) is 11.9 Å². The van der Waals surface area contributed by atoms with Crippen LogP contribution in [0.4, 0.5) is 0 Å². The third kappa shape index (κ3) is 5.49. The fourth-order valence-corrected chi connectivity index (χ4v) is 4.62. The van der Waals surface area contributed by atoms with Crippen LogP contribution < -0.4 is 10.6 Å². The van der Waals surface area contributed by atoms with Gasteiger partial charge in [-0.25, -0.2) is 4.98 Å². The summed E-state index contributed by atoms with van der Waals surface area (Å²) in [5.41, 5.74) is 6.68. The largest absolute Gasteiger partial charge is 0.349 e. The van der Waals surface area contributed by atoms with Crippen molar-refractivity contribution in [2.75, 3.05) is 13.1 Å². The van der Waals surface area contributed by atoms with Crippen LogP contribution in [0.2, 0.25) is 0 Å². The fraction of sp³-hybridized carbons (Fsp3) is 0.367. The minimum Gasteiger partial charge on any atom is -0.349 e. The van der Waals surface area contributed by atoms with E-state index < -0.39 is 0 Å². The highest BCUT2D eigenvalue weighted by Crippen LogP contribution is 2.33. The lowest BCUT2D eigenvalue weighted by Crippen LogP contribution is -2.42. The first kappa shape index (κ1) is 25.6. The number of piperidine rings is 1. The van der Waals surface area contributed by atoms with E-state index in [-0.39, 0.29) is 11.9 Å². The molecule has 1 saturated heterocycles. The maximum atomic E-state index is 12.9. The van der Waals surface area contributed by atoms with Gasteiger partial charge in [0.25, 0.3) is 5.91 Å². The maximum Gasteiger partial charge on any atom is 0.251 e. The van der Waals surface area contributed by atoms with Gasteiger partial charge in [-0.2, -0.15) is 0 Å². The van der Waals surface area contributed by atoms with Gasteiger partial charge in [0.2, 0.25) is 0 Å². The van der Waals surface area contributed by atoms with Crippen molar-refractivity contribution in [1.29, 1.82) is 0 Å². The molecule has 2 aromatic heterocycles. The number of hydrogen-bond acceptors (Lipinski definition) is 4. The number of imidazole rings is 1. The molecule has 1 unspecified atom stereocenters. The number of amides is 1. The molecule has 36 heavy (non-hydrogen) atoms. The zero-order valence-corrected chi connectivity index (χ0v) is 21.7. The van der Waals surface area contributed by atoms with E-state index in [0.29, 0.717) is 17.1 Å². The third-order valence-electron chi connectivity index (χ3n) is 7.11. The Kier molecular flexibility index (Phi) is 8.16. The monoisotopic (exact) mass is 484 g/mol. The van der Waals surface area contributed by atoms with Crippen LogP contribution in [0.5, 0.6) is 0 Å². The van der Waals surface area contributed by atoms with Gasteiger partial charge in [-0.3, -0.25) is 9.59 Å². The SMILES string of the molecule is CCC(C)C=C/C(=C(/C)C=O)c1ccccc1-c1nc2cc(C(=O)NC3CCNCC3)ccn2c1C. The number of carbonyl (C=O) groups excluding carboxylic acids is 2. The van der Waals surface area contributed by atoms with Gasteiger partial charge in [0.15, 0.2) is 0 Å². The van der Waals surface area contributed by atoms with Gasteiger partial charge in [-0.1, -0.05) is 56.7 Å². The van der Waals surface area contributed by atoms with E-state index in [4.69, 9.17) is 4.98 Å². The number of nitrogens with zero attached hydrogens (tertiary/aromatic N) is 2. The van der Waals surface area contributed by atoms with E-state index in [1.165, 1.54) is 0 Å². The molecule has 6 heteroatoms. The van der Waals surface area contributed by atoms with Crippen molar-refractivity contribution >= 4 is 23.4 Å². The van der Waals surface area contributed by atoms with Crippen LogP contribution in [0.3, 0.4) is 0 Å². The average Bonchev–Trinajstić information content (AvgIpc) is 3.24. The molecule has 0 aliphatic carbocycles. The Labute approximate surface area is 213 Å². The number of pyridine rings is 1. The second kappa shape index (κ2) is 11.5. The van der Waals surface area contributed by atoms with Gasteiger partial charge in [0, 0.05) is 29.1 Å². The van der Waals surface area contributed by atoms with Crippen molar-refractivity contribution in [3.05, 3.63) is 77.1 Å².